The molecule has 2 bridgehead atoms. The second-order valence-corrected chi connectivity index (χ2v) is 5.41. The van der Waals surface area contributed by atoms with Gasteiger partial charge in [-0.1, -0.05) is 6.58 Å². The van der Waals surface area contributed by atoms with Gasteiger partial charge in [-0.15, -0.1) is 0 Å². The minimum Gasteiger partial charge on any atom is -0.457 e. The van der Waals surface area contributed by atoms with E-state index in [9.17, 15) is 14.9 Å². The third-order valence-electron chi connectivity index (χ3n) is 4.36. The zero-order valence-corrected chi connectivity index (χ0v) is 10.0. The van der Waals surface area contributed by atoms with Gasteiger partial charge in [-0.3, -0.25) is 4.79 Å². The Morgan fingerprint density at radius 1 is 1.67 bits per heavy atom. The summed E-state index contributed by atoms with van der Waals surface area (Å²) in [5, 5.41) is 9.22. The number of rotatable bonds is 2. The molecule has 3 fully saturated rings. The number of hydrogen-bond donors (Lipinski definition) is 0. The number of carbonyl (C=O) groups excluding carboxylic acids is 2. The Morgan fingerprint density at radius 2 is 2.39 bits per heavy atom. The van der Waals surface area contributed by atoms with Crippen LogP contribution in [-0.4, -0.2) is 24.1 Å². The molecule has 5 atom stereocenters. The maximum atomic E-state index is 11.8. The third kappa shape index (κ3) is 1.15. The number of hydrogen-bond acceptors (Lipinski definition) is 5. The van der Waals surface area contributed by atoms with Gasteiger partial charge in [-0.25, -0.2) is 4.79 Å². The standard InChI is InChI=1S/C13H13NO4/c1-6(2)11(15)17-9-7-3-8-10(9)18-12(16)13(8,4-7)5-14/h7-10H,1,3-4H2,2H3/t7-,8?,9?,10?,13?/m1/s1. The summed E-state index contributed by atoms with van der Waals surface area (Å²) in [6.07, 6.45) is 0.307. The van der Waals surface area contributed by atoms with Crippen molar-refractivity contribution in [2.24, 2.45) is 17.3 Å². The van der Waals surface area contributed by atoms with Gasteiger partial charge in [0.1, 0.15) is 12.2 Å². The Morgan fingerprint density at radius 3 is 3.00 bits per heavy atom. The minimum absolute atomic E-state index is 0.0504. The lowest BCUT2D eigenvalue weighted by molar-refractivity contribution is -0.158. The molecule has 94 valence electrons. The highest BCUT2D eigenvalue weighted by atomic mass is 16.6. The number of carbonyl (C=O) groups is 2. The molecule has 3 rings (SSSR count). The Labute approximate surface area is 104 Å². The van der Waals surface area contributed by atoms with E-state index in [1.807, 2.05) is 0 Å². The van der Waals surface area contributed by atoms with Crippen LogP contribution in [0, 0.1) is 28.6 Å². The lowest BCUT2D eigenvalue weighted by Gasteiger charge is -2.27. The Kier molecular flexibility index (Phi) is 2.10. The first-order valence-corrected chi connectivity index (χ1v) is 5.98. The van der Waals surface area contributed by atoms with Crippen molar-refractivity contribution < 1.29 is 19.1 Å². The molecule has 0 spiro atoms. The van der Waals surface area contributed by atoms with E-state index in [0.29, 0.717) is 12.0 Å². The second-order valence-electron chi connectivity index (χ2n) is 5.41. The summed E-state index contributed by atoms with van der Waals surface area (Å²) in [5.41, 5.74) is -0.657. The number of nitriles is 1. The molecule has 0 radical (unpaired) electrons. The monoisotopic (exact) mass is 247 g/mol. The summed E-state index contributed by atoms with van der Waals surface area (Å²) < 4.78 is 10.6. The van der Waals surface area contributed by atoms with Crippen molar-refractivity contribution in [3.8, 4) is 6.07 Å². The molecule has 18 heavy (non-hydrogen) atoms. The fourth-order valence-corrected chi connectivity index (χ4v) is 3.51. The lowest BCUT2D eigenvalue weighted by Crippen LogP contribution is -2.39. The summed E-state index contributed by atoms with van der Waals surface area (Å²) in [7, 11) is 0. The highest BCUT2D eigenvalue weighted by molar-refractivity contribution is 5.88. The Balaban J connectivity index is 1.85. The van der Waals surface area contributed by atoms with Gasteiger partial charge in [0.05, 0.1) is 6.07 Å². The molecule has 2 aliphatic carbocycles. The van der Waals surface area contributed by atoms with Crippen molar-refractivity contribution in [3.05, 3.63) is 12.2 Å². The number of ether oxygens (including phenoxy) is 2. The predicted molar refractivity (Wildman–Crippen MR) is 58.8 cm³/mol. The van der Waals surface area contributed by atoms with Crippen LogP contribution in [-0.2, 0) is 19.1 Å². The van der Waals surface area contributed by atoms with Crippen molar-refractivity contribution in [1.82, 2.24) is 0 Å². The molecule has 0 aromatic carbocycles. The Bertz CT molecular complexity index is 506. The van der Waals surface area contributed by atoms with E-state index in [-0.39, 0.29) is 11.8 Å². The normalized spacial score (nSPS) is 43.4. The molecule has 1 aliphatic heterocycles. The summed E-state index contributed by atoms with van der Waals surface area (Å²) in [5.74, 6) is -0.980. The maximum absolute atomic E-state index is 11.8. The molecule has 1 saturated heterocycles. The van der Waals surface area contributed by atoms with Crippen LogP contribution in [0.2, 0.25) is 0 Å². The molecule has 2 saturated carbocycles. The topological polar surface area (TPSA) is 76.4 Å². The average molecular weight is 247 g/mol. The first kappa shape index (κ1) is 11.3. The van der Waals surface area contributed by atoms with Gasteiger partial charge in [-0.2, -0.15) is 5.26 Å². The van der Waals surface area contributed by atoms with Gasteiger partial charge in [0.25, 0.3) is 0 Å². The molecule has 0 amide bonds. The van der Waals surface area contributed by atoms with Gasteiger partial charge in [-0.05, 0) is 19.8 Å². The van der Waals surface area contributed by atoms with E-state index < -0.39 is 29.6 Å². The summed E-state index contributed by atoms with van der Waals surface area (Å²) in [6, 6.07) is 2.11. The van der Waals surface area contributed by atoms with E-state index in [4.69, 9.17) is 9.47 Å². The summed E-state index contributed by atoms with van der Waals surface area (Å²) in [4.78, 5) is 23.4. The molecule has 0 N–H and O–H groups in total. The van der Waals surface area contributed by atoms with Crippen LogP contribution >= 0.6 is 0 Å². The van der Waals surface area contributed by atoms with E-state index in [2.05, 4.69) is 12.6 Å². The lowest BCUT2D eigenvalue weighted by atomic mass is 9.74. The maximum Gasteiger partial charge on any atom is 0.333 e. The quantitative estimate of drug-likeness (QED) is 0.536. The molecule has 0 aromatic heterocycles. The van der Waals surface area contributed by atoms with Crippen molar-refractivity contribution in [3.63, 3.8) is 0 Å². The summed E-state index contributed by atoms with van der Waals surface area (Å²) in [6.45, 7) is 5.11. The van der Waals surface area contributed by atoms with E-state index in [1.165, 1.54) is 0 Å². The van der Waals surface area contributed by atoms with Crippen molar-refractivity contribution in [2.75, 3.05) is 0 Å². The molecule has 4 unspecified atom stereocenters. The first-order valence-electron chi connectivity index (χ1n) is 5.98. The molecular formula is C13H13NO4. The largest absolute Gasteiger partial charge is 0.457 e. The van der Waals surface area contributed by atoms with Crippen LogP contribution in [0.25, 0.3) is 0 Å². The van der Waals surface area contributed by atoms with Gasteiger partial charge >= 0.3 is 11.9 Å². The number of fused-ring (bicyclic) bond motifs is 1. The van der Waals surface area contributed by atoms with Crippen LogP contribution in [0.4, 0.5) is 0 Å². The van der Waals surface area contributed by atoms with Crippen LogP contribution < -0.4 is 0 Å². The highest BCUT2D eigenvalue weighted by Gasteiger charge is 2.72. The van der Waals surface area contributed by atoms with Gasteiger partial charge in [0.15, 0.2) is 5.41 Å². The van der Waals surface area contributed by atoms with Crippen molar-refractivity contribution >= 4 is 11.9 Å². The number of esters is 2. The van der Waals surface area contributed by atoms with Crippen LogP contribution in [0.3, 0.4) is 0 Å². The first-order chi connectivity index (χ1) is 8.49. The van der Waals surface area contributed by atoms with E-state index in [0.717, 1.165) is 6.42 Å². The predicted octanol–water partition coefficient (Wildman–Crippen LogP) is 0.949. The van der Waals surface area contributed by atoms with Crippen LogP contribution in [0.1, 0.15) is 19.8 Å². The SMILES string of the molecule is C=C(C)C(=O)OC1C2OC(=O)C3(C#N)C[C@H]1CC23. The van der Waals surface area contributed by atoms with E-state index in [1.54, 1.807) is 6.92 Å². The van der Waals surface area contributed by atoms with Crippen LogP contribution in [0.5, 0.6) is 0 Å². The van der Waals surface area contributed by atoms with Crippen molar-refractivity contribution in [1.29, 1.82) is 5.26 Å². The Hall–Kier alpha value is -1.83. The molecule has 1 heterocycles. The molecular weight excluding hydrogens is 234 g/mol. The highest BCUT2D eigenvalue weighted by Crippen LogP contribution is 2.62. The third-order valence-corrected chi connectivity index (χ3v) is 4.36. The molecule has 0 aromatic rings. The van der Waals surface area contributed by atoms with Gasteiger partial charge < -0.3 is 9.47 Å². The van der Waals surface area contributed by atoms with Crippen LogP contribution in [0.15, 0.2) is 12.2 Å². The van der Waals surface area contributed by atoms with Gasteiger partial charge in [0, 0.05) is 17.4 Å². The average Bonchev–Trinajstić information content (AvgIpc) is 2.90. The van der Waals surface area contributed by atoms with Gasteiger partial charge in [0.2, 0.25) is 0 Å². The smallest absolute Gasteiger partial charge is 0.333 e. The zero-order valence-electron chi connectivity index (χ0n) is 10.0. The fourth-order valence-electron chi connectivity index (χ4n) is 3.51. The van der Waals surface area contributed by atoms with E-state index >= 15 is 0 Å². The number of nitrogens with zero attached hydrogens (tertiary/aromatic N) is 1. The molecule has 5 heteroatoms. The second kappa shape index (κ2) is 3.35. The minimum atomic E-state index is -0.985. The molecule has 3 aliphatic rings. The molecule has 5 nitrogen and oxygen atoms in total. The zero-order chi connectivity index (χ0) is 13.1. The summed E-state index contributed by atoms with van der Waals surface area (Å²) >= 11 is 0. The van der Waals surface area contributed by atoms with Crippen molar-refractivity contribution in [2.45, 2.75) is 32.0 Å². The fraction of sp³-hybridized carbons (Fsp3) is 0.615.